The molecule has 1 heterocycles. The van der Waals surface area contributed by atoms with Gasteiger partial charge in [-0.15, -0.1) is 0 Å². The molecule has 0 amide bonds. The van der Waals surface area contributed by atoms with E-state index in [1.165, 1.54) is 32.0 Å². The van der Waals surface area contributed by atoms with Gasteiger partial charge in [0.25, 0.3) is 0 Å². The molecule has 100 valence electrons. The average molecular weight is 315 g/mol. The predicted octanol–water partition coefficient (Wildman–Crippen LogP) is 3.02. The Bertz CT molecular complexity index is 377. The molecule has 1 aromatic carbocycles. The molecule has 1 N–H and O–H groups in total. The minimum atomic E-state index is -0.182. The van der Waals surface area contributed by atoms with Crippen molar-refractivity contribution in [2.75, 3.05) is 26.7 Å². The number of hydrogen-bond acceptors (Lipinski definition) is 2. The van der Waals surface area contributed by atoms with E-state index in [2.05, 4.69) is 33.2 Å². The van der Waals surface area contributed by atoms with Gasteiger partial charge in [-0.05, 0) is 62.7 Å². The smallest absolute Gasteiger partial charge is 0.124 e. The van der Waals surface area contributed by atoms with Crippen LogP contribution >= 0.6 is 15.9 Å². The van der Waals surface area contributed by atoms with Crippen LogP contribution in [-0.4, -0.2) is 31.6 Å². The van der Waals surface area contributed by atoms with Crippen molar-refractivity contribution >= 4 is 15.9 Å². The van der Waals surface area contributed by atoms with Crippen molar-refractivity contribution in [3.05, 3.63) is 34.1 Å². The van der Waals surface area contributed by atoms with Gasteiger partial charge < -0.3 is 10.2 Å². The zero-order chi connectivity index (χ0) is 13.0. The highest BCUT2D eigenvalue weighted by Gasteiger charge is 2.16. The number of piperidine rings is 1. The van der Waals surface area contributed by atoms with Crippen LogP contribution in [0.3, 0.4) is 0 Å². The summed E-state index contributed by atoms with van der Waals surface area (Å²) in [6.07, 6.45) is 2.58. The van der Waals surface area contributed by atoms with Gasteiger partial charge in [0.15, 0.2) is 0 Å². The molecule has 0 bridgehead atoms. The van der Waals surface area contributed by atoms with Gasteiger partial charge in [-0.2, -0.15) is 0 Å². The van der Waals surface area contributed by atoms with Gasteiger partial charge in [-0.25, -0.2) is 4.39 Å². The minimum Gasteiger partial charge on any atom is -0.312 e. The largest absolute Gasteiger partial charge is 0.312 e. The Morgan fingerprint density at radius 1 is 1.44 bits per heavy atom. The Labute approximate surface area is 117 Å². The lowest BCUT2D eigenvalue weighted by Crippen LogP contribution is -2.37. The number of benzene rings is 1. The lowest BCUT2D eigenvalue weighted by atomic mass is 9.98. The second kappa shape index (κ2) is 6.64. The molecule has 0 saturated carbocycles. The first-order valence-corrected chi connectivity index (χ1v) is 7.27. The summed E-state index contributed by atoms with van der Waals surface area (Å²) < 4.78 is 14.0. The van der Waals surface area contributed by atoms with Crippen LogP contribution in [0.4, 0.5) is 4.39 Å². The van der Waals surface area contributed by atoms with Crippen LogP contribution in [-0.2, 0) is 6.54 Å². The SMILES string of the molecule is CN1CCCC(CNCc2cc(F)cc(Br)c2)C1. The summed E-state index contributed by atoms with van der Waals surface area (Å²) in [5, 5.41) is 3.43. The number of halogens is 2. The topological polar surface area (TPSA) is 15.3 Å². The van der Waals surface area contributed by atoms with Crippen LogP contribution in [0.1, 0.15) is 18.4 Å². The quantitative estimate of drug-likeness (QED) is 0.919. The third-order valence-electron chi connectivity index (χ3n) is 3.41. The minimum absolute atomic E-state index is 0.182. The molecular weight excluding hydrogens is 295 g/mol. The molecule has 0 radical (unpaired) electrons. The molecule has 1 atom stereocenters. The third-order valence-corrected chi connectivity index (χ3v) is 3.86. The van der Waals surface area contributed by atoms with Crippen LogP contribution in [0.5, 0.6) is 0 Å². The molecule has 1 saturated heterocycles. The van der Waals surface area contributed by atoms with E-state index in [-0.39, 0.29) is 5.82 Å². The molecule has 2 nitrogen and oxygen atoms in total. The molecule has 1 aliphatic heterocycles. The van der Waals surface area contributed by atoms with Crippen LogP contribution in [0, 0.1) is 11.7 Å². The summed E-state index contributed by atoms with van der Waals surface area (Å²) in [6, 6.07) is 5.04. The predicted molar refractivity (Wildman–Crippen MR) is 76.0 cm³/mol. The van der Waals surface area contributed by atoms with Crippen molar-refractivity contribution in [2.24, 2.45) is 5.92 Å². The third kappa shape index (κ3) is 4.34. The molecule has 0 aliphatic carbocycles. The average Bonchev–Trinajstić information content (AvgIpc) is 2.27. The lowest BCUT2D eigenvalue weighted by Gasteiger charge is -2.29. The highest BCUT2D eigenvalue weighted by molar-refractivity contribution is 9.10. The van der Waals surface area contributed by atoms with Gasteiger partial charge in [-0.3, -0.25) is 0 Å². The van der Waals surface area contributed by atoms with E-state index in [1.807, 2.05) is 6.07 Å². The second-order valence-corrected chi connectivity index (χ2v) is 6.09. The maximum absolute atomic E-state index is 13.2. The monoisotopic (exact) mass is 314 g/mol. The van der Waals surface area contributed by atoms with Crippen molar-refractivity contribution in [3.8, 4) is 0 Å². The summed E-state index contributed by atoms with van der Waals surface area (Å²) >= 11 is 3.31. The molecular formula is C14H20BrFN2. The zero-order valence-electron chi connectivity index (χ0n) is 10.8. The van der Waals surface area contributed by atoms with E-state index >= 15 is 0 Å². The number of hydrogen-bond donors (Lipinski definition) is 1. The van der Waals surface area contributed by atoms with E-state index < -0.39 is 0 Å². The van der Waals surface area contributed by atoms with Gasteiger partial charge in [-0.1, -0.05) is 15.9 Å². The molecule has 4 heteroatoms. The maximum Gasteiger partial charge on any atom is 0.124 e. The lowest BCUT2D eigenvalue weighted by molar-refractivity contribution is 0.206. The zero-order valence-corrected chi connectivity index (χ0v) is 12.3. The Hall–Kier alpha value is -0.450. The van der Waals surface area contributed by atoms with Gasteiger partial charge in [0.1, 0.15) is 5.82 Å². The van der Waals surface area contributed by atoms with E-state index in [1.54, 1.807) is 6.07 Å². The molecule has 0 aromatic heterocycles. The second-order valence-electron chi connectivity index (χ2n) is 5.18. The summed E-state index contributed by atoms with van der Waals surface area (Å²) in [7, 11) is 2.18. The number of rotatable bonds is 4. The molecule has 1 aromatic rings. The van der Waals surface area contributed by atoms with Crippen LogP contribution in [0.2, 0.25) is 0 Å². The van der Waals surface area contributed by atoms with Gasteiger partial charge in [0.2, 0.25) is 0 Å². The van der Waals surface area contributed by atoms with Crippen molar-refractivity contribution < 1.29 is 4.39 Å². The number of nitrogens with zero attached hydrogens (tertiary/aromatic N) is 1. The highest BCUT2D eigenvalue weighted by atomic mass is 79.9. The fraction of sp³-hybridized carbons (Fsp3) is 0.571. The van der Waals surface area contributed by atoms with E-state index in [0.29, 0.717) is 0 Å². The molecule has 1 fully saturated rings. The van der Waals surface area contributed by atoms with Crippen LogP contribution in [0.25, 0.3) is 0 Å². The maximum atomic E-state index is 13.2. The standard InChI is InChI=1S/C14H20BrFN2/c1-18-4-2-3-11(10-18)8-17-9-12-5-13(15)7-14(16)6-12/h5-7,11,17H,2-4,8-10H2,1H3. The van der Waals surface area contributed by atoms with Crippen molar-refractivity contribution in [1.82, 2.24) is 10.2 Å². The molecule has 1 aliphatic rings. The van der Waals surface area contributed by atoms with Gasteiger partial charge in [0, 0.05) is 17.6 Å². The van der Waals surface area contributed by atoms with Crippen LogP contribution < -0.4 is 5.32 Å². The normalized spacial score (nSPS) is 21.2. The Kier molecular flexibility index (Phi) is 5.15. The van der Waals surface area contributed by atoms with Crippen LogP contribution in [0.15, 0.2) is 22.7 Å². The Balaban J connectivity index is 1.77. The fourth-order valence-electron chi connectivity index (χ4n) is 2.57. The van der Waals surface area contributed by atoms with Crippen molar-refractivity contribution in [2.45, 2.75) is 19.4 Å². The summed E-state index contributed by atoms with van der Waals surface area (Å²) in [6.45, 7) is 4.13. The fourth-order valence-corrected chi connectivity index (χ4v) is 3.09. The number of nitrogens with one attached hydrogen (secondary N) is 1. The summed E-state index contributed by atoms with van der Waals surface area (Å²) in [5.41, 5.74) is 0.992. The van der Waals surface area contributed by atoms with Crippen molar-refractivity contribution in [3.63, 3.8) is 0 Å². The van der Waals surface area contributed by atoms with E-state index in [9.17, 15) is 4.39 Å². The summed E-state index contributed by atoms with van der Waals surface area (Å²) in [5.74, 6) is 0.541. The summed E-state index contributed by atoms with van der Waals surface area (Å²) in [4.78, 5) is 2.38. The molecule has 2 rings (SSSR count). The molecule has 0 spiro atoms. The first kappa shape index (κ1) is 14.0. The first-order valence-electron chi connectivity index (χ1n) is 6.48. The highest BCUT2D eigenvalue weighted by Crippen LogP contribution is 2.16. The van der Waals surface area contributed by atoms with Crippen molar-refractivity contribution in [1.29, 1.82) is 0 Å². The van der Waals surface area contributed by atoms with E-state index in [4.69, 9.17) is 0 Å². The molecule has 18 heavy (non-hydrogen) atoms. The molecule has 1 unspecified atom stereocenters. The Morgan fingerprint density at radius 3 is 3.00 bits per heavy atom. The Morgan fingerprint density at radius 2 is 2.28 bits per heavy atom. The van der Waals surface area contributed by atoms with Gasteiger partial charge >= 0.3 is 0 Å². The number of likely N-dealkylation sites (tertiary alicyclic amines) is 1. The van der Waals surface area contributed by atoms with E-state index in [0.717, 1.165) is 29.0 Å². The first-order chi connectivity index (χ1) is 8.63. The van der Waals surface area contributed by atoms with Gasteiger partial charge in [0.05, 0.1) is 0 Å².